The van der Waals surface area contributed by atoms with Gasteiger partial charge in [-0.25, -0.2) is 13.2 Å². The number of allylic oxidation sites excluding steroid dienone is 1. The van der Waals surface area contributed by atoms with E-state index in [9.17, 15) is 23.1 Å². The Morgan fingerprint density at radius 3 is 2.57 bits per heavy atom. The lowest BCUT2D eigenvalue weighted by Gasteiger charge is -2.31. The molecular formula is C35H47N3O8S. The minimum Gasteiger partial charge on any atom is -0.443 e. The smallest absolute Gasteiger partial charge is 0.407 e. The molecule has 2 aromatic carbocycles. The highest BCUT2D eigenvalue weighted by atomic mass is 32.2. The lowest BCUT2D eigenvalue weighted by atomic mass is 9.97. The van der Waals surface area contributed by atoms with E-state index >= 15 is 0 Å². The third-order valence-corrected chi connectivity index (χ3v) is 11.0. The molecule has 3 aliphatic rings. The van der Waals surface area contributed by atoms with Gasteiger partial charge in [0.2, 0.25) is 10.0 Å². The fourth-order valence-corrected chi connectivity index (χ4v) is 8.09. The summed E-state index contributed by atoms with van der Waals surface area (Å²) in [6.45, 7) is 8.54. The molecule has 5 atom stereocenters. The van der Waals surface area contributed by atoms with Crippen molar-refractivity contribution >= 4 is 33.3 Å². The molecule has 0 aromatic heterocycles. The van der Waals surface area contributed by atoms with Crippen LogP contribution >= 0.6 is 0 Å². The quantitative estimate of drug-likeness (QED) is 0.249. The van der Waals surface area contributed by atoms with Gasteiger partial charge in [0, 0.05) is 29.9 Å². The van der Waals surface area contributed by atoms with E-state index in [1.165, 1.54) is 16.4 Å². The molecule has 2 aromatic rings. The van der Waals surface area contributed by atoms with E-state index in [0.29, 0.717) is 23.4 Å². The fourth-order valence-electron chi connectivity index (χ4n) is 6.44. The Morgan fingerprint density at radius 1 is 1.13 bits per heavy atom. The molecule has 0 aliphatic carbocycles. The van der Waals surface area contributed by atoms with Crippen molar-refractivity contribution in [2.45, 2.75) is 82.8 Å². The van der Waals surface area contributed by atoms with Crippen molar-refractivity contribution in [2.75, 3.05) is 31.6 Å². The van der Waals surface area contributed by atoms with Crippen molar-refractivity contribution in [3.05, 3.63) is 65.7 Å². The van der Waals surface area contributed by atoms with Gasteiger partial charge in [-0.1, -0.05) is 64.1 Å². The summed E-state index contributed by atoms with van der Waals surface area (Å²) in [6.07, 6.45) is 1.77. The number of amides is 2. The standard InChI is InChI=1S/C35H47N3O8S/c1-5-23(6-2)16-28-27-18-25(12-13-29(27)36-33(28)40)47(42,43)38(19-22(3)4)20-31(39)30(17-24-10-8-7-9-11-24)37-35(41)46-32-21-45-34-26(32)14-15-44-34/h7-13,16,18,22-23,26,30-32,34,39H,5-6,14-15,17,19-21H2,1-4H3,(H,36,40)(H,37,41). The predicted octanol–water partition coefficient (Wildman–Crippen LogP) is 4.56. The molecule has 12 heteroatoms. The van der Waals surface area contributed by atoms with Gasteiger partial charge in [0.15, 0.2) is 6.29 Å². The Hall–Kier alpha value is -3.29. The van der Waals surface area contributed by atoms with Crippen LogP contribution < -0.4 is 10.6 Å². The van der Waals surface area contributed by atoms with Crippen molar-refractivity contribution in [3.8, 4) is 0 Å². The molecule has 3 heterocycles. The van der Waals surface area contributed by atoms with Gasteiger partial charge >= 0.3 is 6.09 Å². The maximum atomic E-state index is 14.2. The van der Waals surface area contributed by atoms with E-state index in [1.54, 1.807) is 6.07 Å². The minimum atomic E-state index is -4.12. The summed E-state index contributed by atoms with van der Waals surface area (Å²) in [7, 11) is -4.12. The van der Waals surface area contributed by atoms with Crippen molar-refractivity contribution in [2.24, 2.45) is 17.8 Å². The minimum absolute atomic E-state index is 0.0256. The van der Waals surface area contributed by atoms with E-state index in [1.807, 2.05) is 50.3 Å². The van der Waals surface area contributed by atoms with Crippen LogP contribution in [0.1, 0.15) is 58.1 Å². The number of carbonyl (C=O) groups excluding carboxylic acids is 2. The SMILES string of the molecule is CCC(C=C1C(=O)Nc2ccc(S(=O)(=O)N(CC(C)C)CC(O)C(Cc3ccccc3)NC(=O)OC3COC4OCCC34)cc21)CC. The Morgan fingerprint density at radius 2 is 1.87 bits per heavy atom. The van der Waals surface area contributed by atoms with Crippen LogP contribution in [0.25, 0.3) is 5.57 Å². The second-order valence-electron chi connectivity index (χ2n) is 13.0. The molecule has 2 amide bonds. The zero-order valence-corrected chi connectivity index (χ0v) is 28.4. The molecule has 47 heavy (non-hydrogen) atoms. The predicted molar refractivity (Wildman–Crippen MR) is 178 cm³/mol. The molecule has 0 saturated carbocycles. The van der Waals surface area contributed by atoms with Gasteiger partial charge in [-0.3, -0.25) is 4.79 Å². The van der Waals surface area contributed by atoms with Crippen LogP contribution in [-0.4, -0.2) is 80.7 Å². The van der Waals surface area contributed by atoms with Crippen molar-refractivity contribution < 1.29 is 37.3 Å². The molecule has 2 fully saturated rings. The number of aliphatic hydroxyl groups is 1. The van der Waals surface area contributed by atoms with Crippen LogP contribution in [0.15, 0.2) is 59.5 Å². The Bertz CT molecular complexity index is 1540. The van der Waals surface area contributed by atoms with Crippen LogP contribution in [0, 0.1) is 17.8 Å². The number of hydrogen-bond donors (Lipinski definition) is 3. The van der Waals surface area contributed by atoms with E-state index in [4.69, 9.17) is 14.2 Å². The van der Waals surface area contributed by atoms with Crippen LogP contribution in [0.5, 0.6) is 0 Å². The zero-order valence-electron chi connectivity index (χ0n) is 27.6. The van der Waals surface area contributed by atoms with E-state index in [-0.39, 0.29) is 61.0 Å². The number of nitrogens with one attached hydrogen (secondary N) is 2. The number of hydrogen-bond acceptors (Lipinski definition) is 8. The molecule has 5 unspecified atom stereocenters. The molecule has 2 saturated heterocycles. The number of carbonyl (C=O) groups is 2. The molecule has 3 aliphatic heterocycles. The molecule has 0 radical (unpaired) electrons. The average Bonchev–Trinajstić information content (AvgIpc) is 3.74. The lowest BCUT2D eigenvalue weighted by molar-refractivity contribution is -0.110. The molecule has 3 N–H and O–H groups in total. The normalized spacial score (nSPS) is 22.9. The molecular weight excluding hydrogens is 622 g/mol. The summed E-state index contributed by atoms with van der Waals surface area (Å²) < 4.78 is 46.5. The maximum absolute atomic E-state index is 14.2. The molecule has 256 valence electrons. The Balaban J connectivity index is 1.38. The van der Waals surface area contributed by atoms with Gasteiger partial charge in [0.25, 0.3) is 5.91 Å². The first-order valence-electron chi connectivity index (χ1n) is 16.6. The van der Waals surface area contributed by atoms with Crippen LogP contribution in [-0.2, 0) is 35.4 Å². The van der Waals surface area contributed by atoms with Crippen LogP contribution in [0.2, 0.25) is 0 Å². The Labute approximate surface area is 277 Å². The summed E-state index contributed by atoms with van der Waals surface area (Å²) >= 11 is 0. The number of anilines is 1. The fraction of sp³-hybridized carbons (Fsp3) is 0.543. The second-order valence-corrected chi connectivity index (χ2v) is 14.9. The van der Waals surface area contributed by atoms with E-state index < -0.39 is 34.4 Å². The summed E-state index contributed by atoms with van der Waals surface area (Å²) in [6, 6.07) is 13.1. The highest BCUT2D eigenvalue weighted by Crippen LogP contribution is 2.36. The first kappa shape index (κ1) is 35.0. The van der Waals surface area contributed by atoms with Crippen LogP contribution in [0.4, 0.5) is 10.5 Å². The first-order valence-corrected chi connectivity index (χ1v) is 18.0. The maximum Gasteiger partial charge on any atom is 0.407 e. The van der Waals surface area contributed by atoms with Crippen molar-refractivity contribution in [3.63, 3.8) is 0 Å². The monoisotopic (exact) mass is 669 g/mol. The number of benzene rings is 2. The van der Waals surface area contributed by atoms with Gasteiger partial charge in [-0.05, 0) is 61.3 Å². The number of sulfonamides is 1. The van der Waals surface area contributed by atoms with Gasteiger partial charge in [-0.15, -0.1) is 0 Å². The average molecular weight is 670 g/mol. The van der Waals surface area contributed by atoms with Gasteiger partial charge in [0.05, 0.1) is 36.2 Å². The van der Waals surface area contributed by atoms with Crippen molar-refractivity contribution in [1.29, 1.82) is 0 Å². The summed E-state index contributed by atoms with van der Waals surface area (Å²) in [5.41, 5.74) is 2.44. The molecule has 0 bridgehead atoms. The second kappa shape index (κ2) is 15.3. The highest BCUT2D eigenvalue weighted by Gasteiger charge is 2.44. The Kier molecular flexibility index (Phi) is 11.4. The largest absolute Gasteiger partial charge is 0.443 e. The van der Waals surface area contributed by atoms with E-state index in [0.717, 1.165) is 24.8 Å². The zero-order chi connectivity index (χ0) is 33.7. The summed E-state index contributed by atoms with van der Waals surface area (Å²) in [5, 5.41) is 17.3. The number of alkyl carbamates (subject to hydrolysis) is 1. The number of ether oxygens (including phenoxy) is 3. The lowest BCUT2D eigenvalue weighted by Crippen LogP contribution is -2.51. The van der Waals surface area contributed by atoms with Crippen LogP contribution in [0.3, 0.4) is 0 Å². The van der Waals surface area contributed by atoms with Gasteiger partial charge in [-0.2, -0.15) is 4.31 Å². The number of nitrogens with zero attached hydrogens (tertiary/aromatic N) is 1. The first-order chi connectivity index (χ1) is 22.5. The third kappa shape index (κ3) is 8.24. The van der Waals surface area contributed by atoms with Gasteiger partial charge in [0.1, 0.15) is 6.10 Å². The highest BCUT2D eigenvalue weighted by molar-refractivity contribution is 7.89. The number of aliphatic hydroxyl groups excluding tert-OH is 1. The molecule has 5 rings (SSSR count). The van der Waals surface area contributed by atoms with E-state index in [2.05, 4.69) is 24.5 Å². The molecule has 0 spiro atoms. The van der Waals surface area contributed by atoms with Gasteiger partial charge < -0.3 is 30.0 Å². The number of rotatable bonds is 14. The third-order valence-electron chi connectivity index (χ3n) is 9.13. The molecule has 11 nitrogen and oxygen atoms in total. The summed E-state index contributed by atoms with van der Waals surface area (Å²) in [5.74, 6) is -0.176. The topological polar surface area (TPSA) is 144 Å². The number of fused-ring (bicyclic) bond motifs is 2. The summed E-state index contributed by atoms with van der Waals surface area (Å²) in [4.78, 5) is 26.0. The van der Waals surface area contributed by atoms with Crippen molar-refractivity contribution in [1.82, 2.24) is 9.62 Å².